The van der Waals surface area contributed by atoms with Crippen LogP contribution in [-0.2, 0) is 0 Å². The molecule has 3 heteroatoms. The monoisotopic (exact) mass is 602 g/mol. The number of unbranched alkanes of at least 4 members (excludes halogenated alkanes) is 1. The lowest BCUT2D eigenvalue weighted by atomic mass is 9.82. The average molecular weight is 603 g/mol. The molecule has 0 unspecified atom stereocenters. The zero-order chi connectivity index (χ0) is 31.7. The van der Waals surface area contributed by atoms with E-state index in [1.165, 1.54) is 68.2 Å². The number of para-hydroxylation sites is 2. The quantitative estimate of drug-likeness (QED) is 0.0806. The van der Waals surface area contributed by atoms with Crippen LogP contribution in [0.2, 0.25) is 0 Å². The molecule has 0 amide bonds. The Bertz CT molecular complexity index is 1720. The van der Waals surface area contributed by atoms with E-state index >= 15 is 0 Å². The molecule has 0 aliphatic carbocycles. The molecule has 3 nitrogen and oxygen atoms in total. The SMILES string of the molecule is CCCCNc1ccc([C+](c2ccc(N(CC)c3ccccc3)cc2)c2ccc(N(CC)c3ccccc3)cc2)c2ccccc12. The Morgan fingerprint density at radius 3 is 1.41 bits per heavy atom. The van der Waals surface area contributed by atoms with E-state index in [0.717, 1.165) is 26.1 Å². The summed E-state index contributed by atoms with van der Waals surface area (Å²) < 4.78 is 0. The molecule has 0 atom stereocenters. The minimum absolute atomic E-state index is 0.897. The van der Waals surface area contributed by atoms with Gasteiger partial charge in [-0.05, 0) is 117 Å². The largest absolute Gasteiger partial charge is 0.384 e. The molecule has 0 aromatic heterocycles. The highest BCUT2D eigenvalue weighted by Gasteiger charge is 2.26. The van der Waals surface area contributed by atoms with E-state index < -0.39 is 0 Å². The highest BCUT2D eigenvalue weighted by molar-refractivity contribution is 5.98. The molecule has 0 saturated carbocycles. The fraction of sp³-hybridized carbons (Fsp3) is 0.186. The summed E-state index contributed by atoms with van der Waals surface area (Å²) in [7, 11) is 0. The Balaban J connectivity index is 1.43. The van der Waals surface area contributed by atoms with Crippen molar-refractivity contribution in [3.05, 3.63) is 168 Å². The molecule has 0 aliphatic rings. The van der Waals surface area contributed by atoms with E-state index in [0.29, 0.717) is 0 Å². The fourth-order valence-electron chi connectivity index (χ4n) is 6.41. The van der Waals surface area contributed by atoms with E-state index in [4.69, 9.17) is 0 Å². The summed E-state index contributed by atoms with van der Waals surface area (Å²) in [6.07, 6.45) is 2.33. The average Bonchev–Trinajstić information content (AvgIpc) is 3.12. The fourth-order valence-corrected chi connectivity index (χ4v) is 6.41. The molecular weight excluding hydrogens is 558 g/mol. The number of hydrogen-bond donors (Lipinski definition) is 1. The molecule has 6 aromatic rings. The minimum Gasteiger partial charge on any atom is -0.384 e. The first kappa shape index (κ1) is 30.9. The number of fused-ring (bicyclic) bond motifs is 1. The van der Waals surface area contributed by atoms with Crippen molar-refractivity contribution in [1.82, 2.24) is 0 Å². The van der Waals surface area contributed by atoms with Crippen molar-refractivity contribution in [3.63, 3.8) is 0 Å². The summed E-state index contributed by atoms with van der Waals surface area (Å²) in [4.78, 5) is 4.71. The molecule has 0 aliphatic heterocycles. The van der Waals surface area contributed by atoms with Crippen molar-refractivity contribution in [1.29, 1.82) is 0 Å². The van der Waals surface area contributed by atoms with Crippen LogP contribution >= 0.6 is 0 Å². The lowest BCUT2D eigenvalue weighted by Gasteiger charge is -2.24. The van der Waals surface area contributed by atoms with Gasteiger partial charge in [0, 0.05) is 41.8 Å². The first-order valence-electron chi connectivity index (χ1n) is 16.7. The van der Waals surface area contributed by atoms with Crippen molar-refractivity contribution >= 4 is 39.2 Å². The maximum atomic E-state index is 3.70. The summed E-state index contributed by atoms with van der Waals surface area (Å²) in [6, 6.07) is 52.8. The maximum Gasteiger partial charge on any atom is 0.0638 e. The molecule has 0 saturated heterocycles. The van der Waals surface area contributed by atoms with Crippen molar-refractivity contribution in [2.45, 2.75) is 33.6 Å². The second kappa shape index (κ2) is 14.8. The second-order valence-electron chi connectivity index (χ2n) is 11.6. The number of benzene rings is 6. The maximum absolute atomic E-state index is 3.70. The van der Waals surface area contributed by atoms with Gasteiger partial charge in [-0.1, -0.05) is 61.9 Å². The van der Waals surface area contributed by atoms with Crippen LogP contribution in [0.25, 0.3) is 10.8 Å². The van der Waals surface area contributed by atoms with E-state index in [-0.39, 0.29) is 0 Å². The molecule has 1 N–H and O–H groups in total. The third-order valence-corrected chi connectivity index (χ3v) is 8.74. The van der Waals surface area contributed by atoms with Gasteiger partial charge < -0.3 is 15.1 Å². The van der Waals surface area contributed by atoms with E-state index in [2.05, 4.69) is 181 Å². The molecule has 6 rings (SSSR count). The number of nitrogens with zero attached hydrogens (tertiary/aromatic N) is 2. The van der Waals surface area contributed by atoms with Gasteiger partial charge in [-0.2, -0.15) is 0 Å². The smallest absolute Gasteiger partial charge is 0.0638 e. The zero-order valence-corrected chi connectivity index (χ0v) is 27.3. The lowest BCUT2D eigenvalue weighted by molar-refractivity contribution is 0.835. The number of rotatable bonds is 13. The molecule has 0 bridgehead atoms. The summed E-state index contributed by atoms with van der Waals surface area (Å²) >= 11 is 0. The summed E-state index contributed by atoms with van der Waals surface area (Å²) in [5, 5.41) is 6.21. The minimum atomic E-state index is 0.897. The van der Waals surface area contributed by atoms with Gasteiger partial charge in [-0.3, -0.25) is 0 Å². The topological polar surface area (TPSA) is 18.5 Å². The van der Waals surface area contributed by atoms with Gasteiger partial charge in [0.1, 0.15) is 0 Å². The van der Waals surface area contributed by atoms with Crippen molar-refractivity contribution < 1.29 is 0 Å². The Kier molecular flexibility index (Phi) is 9.90. The van der Waals surface area contributed by atoms with Gasteiger partial charge in [-0.25, -0.2) is 0 Å². The van der Waals surface area contributed by atoms with Gasteiger partial charge >= 0.3 is 0 Å². The highest BCUT2D eigenvalue weighted by Crippen LogP contribution is 2.39. The van der Waals surface area contributed by atoms with Crippen LogP contribution in [0.15, 0.2) is 146 Å². The molecular formula is C43H44N3+. The first-order valence-corrected chi connectivity index (χ1v) is 16.7. The van der Waals surface area contributed by atoms with Crippen molar-refractivity contribution in [2.24, 2.45) is 0 Å². The lowest BCUT2D eigenvalue weighted by Crippen LogP contribution is -2.16. The Morgan fingerprint density at radius 2 is 0.935 bits per heavy atom. The highest BCUT2D eigenvalue weighted by atomic mass is 15.1. The third kappa shape index (κ3) is 6.60. The Labute approximate surface area is 275 Å². The predicted molar refractivity (Wildman–Crippen MR) is 199 cm³/mol. The Hall–Kier alpha value is -5.15. The third-order valence-electron chi connectivity index (χ3n) is 8.74. The van der Waals surface area contributed by atoms with Crippen LogP contribution in [0.5, 0.6) is 0 Å². The summed E-state index contributed by atoms with van der Waals surface area (Å²) in [5.41, 5.74) is 9.62. The molecule has 0 fully saturated rings. The standard InChI is InChI=1S/C43H44N3/c1-4-7-32-44-42-31-30-41(39-20-14-15-21-40(39)42)43(33-22-26-37(27-23-33)45(5-2)35-16-10-8-11-17-35)34-24-28-38(29-25-34)46(6-3)36-18-12-9-13-19-36/h8-31,44H,4-7,32H2,1-3H3/q+1. The van der Waals surface area contributed by atoms with E-state index in [1.807, 2.05) is 0 Å². The van der Waals surface area contributed by atoms with Crippen LogP contribution < -0.4 is 15.1 Å². The first-order chi connectivity index (χ1) is 22.7. The molecule has 0 radical (unpaired) electrons. The van der Waals surface area contributed by atoms with E-state index in [9.17, 15) is 0 Å². The van der Waals surface area contributed by atoms with Crippen LogP contribution in [0.3, 0.4) is 0 Å². The number of nitrogens with one attached hydrogen (secondary N) is 1. The normalized spacial score (nSPS) is 10.9. The molecule has 0 spiro atoms. The number of hydrogen-bond acceptors (Lipinski definition) is 3. The van der Waals surface area contributed by atoms with Gasteiger partial charge in [-0.15, -0.1) is 0 Å². The summed E-state index contributed by atoms with van der Waals surface area (Å²) in [5.74, 6) is 1.24. The molecule has 230 valence electrons. The molecule has 6 aromatic carbocycles. The van der Waals surface area contributed by atoms with Gasteiger partial charge in [0.2, 0.25) is 0 Å². The Morgan fingerprint density at radius 1 is 0.478 bits per heavy atom. The van der Waals surface area contributed by atoms with E-state index in [1.54, 1.807) is 0 Å². The van der Waals surface area contributed by atoms with Crippen LogP contribution in [-0.4, -0.2) is 19.6 Å². The predicted octanol–water partition coefficient (Wildman–Crippen LogP) is 11.4. The molecule has 46 heavy (non-hydrogen) atoms. The zero-order valence-electron chi connectivity index (χ0n) is 27.3. The van der Waals surface area contributed by atoms with Crippen molar-refractivity contribution in [2.75, 3.05) is 34.8 Å². The van der Waals surface area contributed by atoms with Crippen LogP contribution in [0, 0.1) is 5.92 Å². The second-order valence-corrected chi connectivity index (χ2v) is 11.6. The van der Waals surface area contributed by atoms with Gasteiger partial charge in [0.25, 0.3) is 0 Å². The van der Waals surface area contributed by atoms with Crippen molar-refractivity contribution in [3.8, 4) is 0 Å². The molecule has 0 heterocycles. The van der Waals surface area contributed by atoms with Gasteiger partial charge in [0.05, 0.1) is 39.7 Å². The van der Waals surface area contributed by atoms with Crippen LogP contribution in [0.1, 0.15) is 50.3 Å². The van der Waals surface area contributed by atoms with Crippen LogP contribution in [0.4, 0.5) is 28.4 Å². The summed E-state index contributed by atoms with van der Waals surface area (Å²) in [6.45, 7) is 9.42. The number of anilines is 5. The van der Waals surface area contributed by atoms with Gasteiger partial charge in [0.15, 0.2) is 0 Å².